The maximum absolute atomic E-state index is 11.9. The first kappa shape index (κ1) is 13.9. The van der Waals surface area contributed by atoms with Gasteiger partial charge in [-0.1, -0.05) is 0 Å². The van der Waals surface area contributed by atoms with E-state index in [0.717, 1.165) is 6.54 Å². The number of ether oxygens (including phenoxy) is 1. The zero-order valence-electron chi connectivity index (χ0n) is 10.1. The zero-order chi connectivity index (χ0) is 12.2. The molecule has 2 unspecified atom stereocenters. The van der Waals surface area contributed by atoms with E-state index in [9.17, 15) is 8.42 Å². The summed E-state index contributed by atoms with van der Waals surface area (Å²) < 4.78 is 29.3. The zero-order valence-corrected chi connectivity index (χ0v) is 10.9. The van der Waals surface area contributed by atoms with Gasteiger partial charge < -0.3 is 15.4 Å². The monoisotopic (exact) mass is 250 g/mol. The SMILES string of the molecule is CC(CCN)S(=O)(=O)CC1CN(C)CCO1. The maximum atomic E-state index is 11.9. The van der Waals surface area contributed by atoms with Crippen LogP contribution in [0.2, 0.25) is 0 Å². The van der Waals surface area contributed by atoms with Gasteiger partial charge in [-0.3, -0.25) is 0 Å². The second-order valence-electron chi connectivity index (χ2n) is 4.47. The fraction of sp³-hybridized carbons (Fsp3) is 1.00. The molecule has 0 aliphatic carbocycles. The van der Waals surface area contributed by atoms with Crippen molar-refractivity contribution >= 4 is 9.84 Å². The lowest BCUT2D eigenvalue weighted by molar-refractivity contribution is -0.00687. The largest absolute Gasteiger partial charge is 0.375 e. The van der Waals surface area contributed by atoms with Crippen molar-refractivity contribution in [2.45, 2.75) is 24.7 Å². The van der Waals surface area contributed by atoms with Crippen LogP contribution in [0.4, 0.5) is 0 Å². The minimum Gasteiger partial charge on any atom is -0.375 e. The Morgan fingerprint density at radius 3 is 2.81 bits per heavy atom. The van der Waals surface area contributed by atoms with Gasteiger partial charge in [0.25, 0.3) is 0 Å². The van der Waals surface area contributed by atoms with Gasteiger partial charge in [0.1, 0.15) is 0 Å². The van der Waals surface area contributed by atoms with Crippen molar-refractivity contribution in [1.29, 1.82) is 0 Å². The second kappa shape index (κ2) is 5.95. The molecule has 0 bridgehead atoms. The molecule has 5 nitrogen and oxygen atoms in total. The van der Waals surface area contributed by atoms with Crippen LogP contribution in [-0.2, 0) is 14.6 Å². The molecule has 0 aromatic carbocycles. The van der Waals surface area contributed by atoms with Crippen molar-refractivity contribution in [3.05, 3.63) is 0 Å². The summed E-state index contributed by atoms with van der Waals surface area (Å²) in [7, 11) is -1.10. The number of morpholine rings is 1. The number of rotatable bonds is 5. The molecular formula is C10H22N2O3S. The summed E-state index contributed by atoms with van der Waals surface area (Å²) in [5.74, 6) is 0.110. The molecule has 1 saturated heterocycles. The van der Waals surface area contributed by atoms with Gasteiger partial charge in [-0.2, -0.15) is 0 Å². The predicted octanol–water partition coefficient (Wildman–Crippen LogP) is -0.531. The number of sulfone groups is 1. The smallest absolute Gasteiger partial charge is 0.155 e. The van der Waals surface area contributed by atoms with Gasteiger partial charge in [0, 0.05) is 13.1 Å². The van der Waals surface area contributed by atoms with E-state index in [1.807, 2.05) is 7.05 Å². The molecule has 16 heavy (non-hydrogen) atoms. The Kier molecular flexibility index (Phi) is 5.17. The average molecular weight is 250 g/mol. The standard InChI is InChI=1S/C10H22N2O3S/c1-9(3-4-11)16(13,14)8-10-7-12(2)5-6-15-10/h9-10H,3-8,11H2,1-2H3. The molecule has 1 rings (SSSR count). The average Bonchev–Trinajstić information content (AvgIpc) is 2.17. The highest BCUT2D eigenvalue weighted by Crippen LogP contribution is 2.12. The third-order valence-corrected chi connectivity index (χ3v) is 5.24. The quantitative estimate of drug-likeness (QED) is 0.710. The van der Waals surface area contributed by atoms with E-state index in [1.165, 1.54) is 0 Å². The highest BCUT2D eigenvalue weighted by atomic mass is 32.2. The lowest BCUT2D eigenvalue weighted by atomic mass is 10.3. The van der Waals surface area contributed by atoms with Crippen LogP contribution in [-0.4, -0.2) is 63.7 Å². The topological polar surface area (TPSA) is 72.6 Å². The van der Waals surface area contributed by atoms with Crippen LogP contribution < -0.4 is 5.73 Å². The van der Waals surface area contributed by atoms with Gasteiger partial charge in [-0.15, -0.1) is 0 Å². The van der Waals surface area contributed by atoms with Gasteiger partial charge in [-0.05, 0) is 26.9 Å². The summed E-state index contributed by atoms with van der Waals surface area (Å²) in [5.41, 5.74) is 5.38. The molecule has 2 N–H and O–H groups in total. The van der Waals surface area contributed by atoms with E-state index in [-0.39, 0.29) is 17.1 Å². The van der Waals surface area contributed by atoms with Crippen molar-refractivity contribution in [3.63, 3.8) is 0 Å². The van der Waals surface area contributed by atoms with Gasteiger partial charge >= 0.3 is 0 Å². The summed E-state index contributed by atoms with van der Waals surface area (Å²) in [5, 5.41) is -0.367. The molecule has 1 aliphatic rings. The first-order chi connectivity index (χ1) is 7.45. The molecule has 1 fully saturated rings. The van der Waals surface area contributed by atoms with Gasteiger partial charge in [0.15, 0.2) is 9.84 Å². The number of nitrogens with zero attached hydrogens (tertiary/aromatic N) is 1. The molecule has 6 heteroatoms. The Morgan fingerprint density at radius 2 is 2.25 bits per heavy atom. The van der Waals surface area contributed by atoms with Crippen molar-refractivity contribution in [3.8, 4) is 0 Å². The Hall–Kier alpha value is -0.170. The minimum absolute atomic E-state index is 0.110. The fourth-order valence-electron chi connectivity index (χ4n) is 1.81. The third kappa shape index (κ3) is 4.01. The number of nitrogens with two attached hydrogens (primary N) is 1. The molecular weight excluding hydrogens is 228 g/mol. The number of hydrogen-bond donors (Lipinski definition) is 1. The molecule has 0 saturated carbocycles. The van der Waals surface area contributed by atoms with Crippen molar-refractivity contribution in [2.24, 2.45) is 5.73 Å². The fourth-order valence-corrected chi connectivity index (χ4v) is 3.35. The molecule has 2 atom stereocenters. The molecule has 0 amide bonds. The Morgan fingerprint density at radius 1 is 1.56 bits per heavy atom. The highest BCUT2D eigenvalue weighted by Gasteiger charge is 2.27. The summed E-state index contributed by atoms with van der Waals surface area (Å²) >= 11 is 0. The molecule has 0 aromatic heterocycles. The van der Waals surface area contributed by atoms with Crippen molar-refractivity contribution in [1.82, 2.24) is 4.90 Å². The summed E-state index contributed by atoms with van der Waals surface area (Å²) in [4.78, 5) is 2.09. The van der Waals surface area contributed by atoms with Crippen LogP contribution in [0.5, 0.6) is 0 Å². The number of hydrogen-bond acceptors (Lipinski definition) is 5. The summed E-state index contributed by atoms with van der Waals surface area (Å²) in [6.45, 7) is 4.30. The Labute approximate surface area is 97.9 Å². The van der Waals surface area contributed by atoms with Crippen LogP contribution in [0, 0.1) is 0 Å². The van der Waals surface area contributed by atoms with Crippen molar-refractivity contribution in [2.75, 3.05) is 39.0 Å². The van der Waals surface area contributed by atoms with Gasteiger partial charge in [0.2, 0.25) is 0 Å². The van der Waals surface area contributed by atoms with Crippen molar-refractivity contribution < 1.29 is 13.2 Å². The molecule has 0 aromatic rings. The van der Waals surface area contributed by atoms with E-state index < -0.39 is 9.84 Å². The summed E-state index contributed by atoms with van der Waals surface area (Å²) in [6, 6.07) is 0. The van der Waals surface area contributed by atoms with E-state index in [4.69, 9.17) is 10.5 Å². The predicted molar refractivity (Wildman–Crippen MR) is 64.2 cm³/mol. The van der Waals surface area contributed by atoms with E-state index in [0.29, 0.717) is 26.1 Å². The van der Waals surface area contributed by atoms with Crippen LogP contribution in [0.3, 0.4) is 0 Å². The van der Waals surface area contributed by atoms with Gasteiger partial charge in [-0.25, -0.2) is 8.42 Å². The van der Waals surface area contributed by atoms with E-state index >= 15 is 0 Å². The molecule has 1 aliphatic heterocycles. The number of likely N-dealkylation sites (N-methyl/N-ethyl adjacent to an activating group) is 1. The van der Waals surface area contributed by atoms with E-state index in [2.05, 4.69) is 4.90 Å². The minimum atomic E-state index is -3.08. The van der Waals surface area contributed by atoms with Crippen LogP contribution in [0.15, 0.2) is 0 Å². The Balaban J connectivity index is 2.51. The van der Waals surface area contributed by atoms with Gasteiger partial charge in [0.05, 0.1) is 23.7 Å². The maximum Gasteiger partial charge on any atom is 0.155 e. The first-order valence-corrected chi connectivity index (χ1v) is 7.39. The van der Waals surface area contributed by atoms with Crippen LogP contribution in [0.1, 0.15) is 13.3 Å². The van der Waals surface area contributed by atoms with Crippen LogP contribution in [0.25, 0.3) is 0 Å². The van der Waals surface area contributed by atoms with Crippen LogP contribution >= 0.6 is 0 Å². The van der Waals surface area contributed by atoms with E-state index in [1.54, 1.807) is 6.92 Å². The third-order valence-electron chi connectivity index (χ3n) is 2.95. The molecule has 1 heterocycles. The normalized spacial score (nSPS) is 25.6. The lowest BCUT2D eigenvalue weighted by Crippen LogP contribution is -2.44. The Bertz CT molecular complexity index is 305. The molecule has 96 valence electrons. The second-order valence-corrected chi connectivity index (χ2v) is 6.94. The first-order valence-electron chi connectivity index (χ1n) is 5.67. The highest BCUT2D eigenvalue weighted by molar-refractivity contribution is 7.92. The lowest BCUT2D eigenvalue weighted by Gasteiger charge is -2.30. The summed E-state index contributed by atoms with van der Waals surface area (Å²) in [6.07, 6.45) is 0.328. The molecule has 0 radical (unpaired) electrons. The molecule has 0 spiro atoms.